The van der Waals surface area contributed by atoms with E-state index in [-0.39, 0.29) is 13.2 Å². The third-order valence-corrected chi connectivity index (χ3v) is 5.83. The first-order chi connectivity index (χ1) is 12.8. The van der Waals surface area contributed by atoms with E-state index < -0.39 is 35.2 Å². The fourth-order valence-electron chi connectivity index (χ4n) is 2.57. The van der Waals surface area contributed by atoms with Gasteiger partial charge in [0.1, 0.15) is 17.8 Å². The topological polar surface area (TPSA) is 91.7 Å². The molecule has 0 radical (unpaired) electrons. The first-order valence-electron chi connectivity index (χ1n) is 8.03. The standard InChI is InChI=1S/C17H17Cl2FN2O4S/c18-14(19)15(24)22-11(5-20)13(23)10-3-1-9(2-4-10)12-6-21-16(27-12)17(25)7-26-8-17/h1-4,6,11,13-14,23,25H,5,7-8H2,(H,22,24)/t11-,13-/m1/s1. The third kappa shape index (κ3) is 4.42. The predicted molar refractivity (Wildman–Crippen MR) is 101 cm³/mol. The molecule has 1 fully saturated rings. The Morgan fingerprint density at radius 3 is 2.56 bits per heavy atom. The number of rotatable bonds is 7. The van der Waals surface area contributed by atoms with Gasteiger partial charge < -0.3 is 20.3 Å². The van der Waals surface area contributed by atoms with E-state index in [1.54, 1.807) is 30.5 Å². The van der Waals surface area contributed by atoms with Crippen molar-refractivity contribution >= 4 is 40.4 Å². The lowest BCUT2D eigenvalue weighted by molar-refractivity contribution is -0.184. The summed E-state index contributed by atoms with van der Waals surface area (Å²) in [5, 5.41) is 23.4. The molecule has 1 aliphatic rings. The van der Waals surface area contributed by atoms with Crippen LogP contribution in [0.2, 0.25) is 0 Å². The predicted octanol–water partition coefficient (Wildman–Crippen LogP) is 2.32. The highest BCUT2D eigenvalue weighted by Crippen LogP contribution is 2.36. The Labute approximate surface area is 168 Å². The van der Waals surface area contributed by atoms with Gasteiger partial charge in [-0.15, -0.1) is 11.3 Å². The molecule has 0 saturated carbocycles. The molecule has 27 heavy (non-hydrogen) atoms. The fraction of sp³-hybridized carbons (Fsp3) is 0.412. The summed E-state index contributed by atoms with van der Waals surface area (Å²) >= 11 is 12.2. The molecule has 2 heterocycles. The van der Waals surface area contributed by atoms with Crippen LogP contribution in [0.15, 0.2) is 30.5 Å². The number of aliphatic hydroxyl groups excluding tert-OH is 1. The second-order valence-electron chi connectivity index (χ2n) is 6.19. The van der Waals surface area contributed by atoms with Gasteiger partial charge in [-0.05, 0) is 11.1 Å². The Morgan fingerprint density at radius 1 is 1.37 bits per heavy atom. The quantitative estimate of drug-likeness (QED) is 0.581. The zero-order chi connectivity index (χ0) is 19.6. The molecule has 1 amide bonds. The van der Waals surface area contributed by atoms with Gasteiger partial charge in [-0.3, -0.25) is 4.79 Å². The second kappa shape index (κ2) is 8.38. The number of nitrogens with one attached hydrogen (secondary N) is 1. The summed E-state index contributed by atoms with van der Waals surface area (Å²) in [5.74, 6) is -0.772. The van der Waals surface area contributed by atoms with E-state index in [1.165, 1.54) is 11.3 Å². The van der Waals surface area contributed by atoms with E-state index in [2.05, 4.69) is 10.3 Å². The van der Waals surface area contributed by atoms with Gasteiger partial charge in [0.25, 0.3) is 5.91 Å². The van der Waals surface area contributed by atoms with Crippen LogP contribution in [0.25, 0.3) is 10.4 Å². The molecule has 1 saturated heterocycles. The van der Waals surface area contributed by atoms with Crippen molar-refractivity contribution in [3.8, 4) is 10.4 Å². The van der Waals surface area contributed by atoms with Crippen LogP contribution in [-0.2, 0) is 15.1 Å². The lowest BCUT2D eigenvalue weighted by atomic mass is 10.0. The number of aliphatic hydroxyl groups is 2. The molecule has 0 spiro atoms. The van der Waals surface area contributed by atoms with Crippen LogP contribution in [0.3, 0.4) is 0 Å². The molecule has 1 aromatic heterocycles. The molecule has 2 atom stereocenters. The lowest BCUT2D eigenvalue weighted by Gasteiger charge is -2.34. The minimum absolute atomic E-state index is 0.229. The Morgan fingerprint density at radius 2 is 2.04 bits per heavy atom. The summed E-state index contributed by atoms with van der Waals surface area (Å²) < 4.78 is 18.3. The molecule has 3 N–H and O–H groups in total. The highest BCUT2D eigenvalue weighted by atomic mass is 35.5. The summed E-state index contributed by atoms with van der Waals surface area (Å²) in [6.45, 7) is -0.520. The van der Waals surface area contributed by atoms with Crippen molar-refractivity contribution in [2.45, 2.75) is 22.6 Å². The number of carbonyl (C=O) groups is 1. The normalized spacial score (nSPS) is 18.0. The number of halogens is 3. The van der Waals surface area contributed by atoms with E-state index >= 15 is 0 Å². The summed E-state index contributed by atoms with van der Waals surface area (Å²) in [6, 6.07) is 5.61. The van der Waals surface area contributed by atoms with Crippen LogP contribution < -0.4 is 5.32 Å². The molecule has 0 bridgehead atoms. The molecule has 2 aromatic rings. The highest BCUT2D eigenvalue weighted by Gasteiger charge is 2.40. The Kier molecular flexibility index (Phi) is 6.35. The van der Waals surface area contributed by atoms with Gasteiger partial charge in [-0.25, -0.2) is 9.37 Å². The summed E-state index contributed by atoms with van der Waals surface area (Å²) in [4.78, 5) is 15.3. The minimum Gasteiger partial charge on any atom is -0.386 e. The molecular formula is C17H17Cl2FN2O4S. The fourth-order valence-corrected chi connectivity index (χ4v) is 3.67. The monoisotopic (exact) mass is 434 g/mol. The molecular weight excluding hydrogens is 418 g/mol. The molecule has 0 unspecified atom stereocenters. The number of hydrogen-bond donors (Lipinski definition) is 3. The minimum atomic E-state index is -1.34. The van der Waals surface area contributed by atoms with E-state index in [1.807, 2.05) is 0 Å². The molecule has 0 aliphatic carbocycles. The number of alkyl halides is 3. The van der Waals surface area contributed by atoms with Crippen LogP contribution in [0.5, 0.6) is 0 Å². The number of hydrogen-bond acceptors (Lipinski definition) is 6. The van der Waals surface area contributed by atoms with Crippen LogP contribution in [0, 0.1) is 0 Å². The Balaban J connectivity index is 1.71. The summed E-state index contributed by atoms with van der Waals surface area (Å²) in [6.07, 6.45) is 0.401. The average Bonchev–Trinajstić information content (AvgIpc) is 3.14. The van der Waals surface area contributed by atoms with Crippen LogP contribution >= 0.6 is 34.5 Å². The van der Waals surface area contributed by atoms with Gasteiger partial charge >= 0.3 is 0 Å². The van der Waals surface area contributed by atoms with E-state index in [4.69, 9.17) is 27.9 Å². The number of benzene rings is 1. The number of thiazole rings is 1. The molecule has 6 nitrogen and oxygen atoms in total. The number of nitrogens with zero attached hydrogens (tertiary/aromatic N) is 1. The smallest absolute Gasteiger partial charge is 0.253 e. The maximum Gasteiger partial charge on any atom is 0.253 e. The molecule has 1 aromatic carbocycles. The second-order valence-corrected chi connectivity index (χ2v) is 8.32. The van der Waals surface area contributed by atoms with E-state index in [9.17, 15) is 19.4 Å². The SMILES string of the molecule is O=C(N[C@H](CF)[C@H](O)c1ccc(-c2cnc(C3(O)COC3)s2)cc1)C(Cl)Cl. The average molecular weight is 435 g/mol. The number of ether oxygens (including phenoxy) is 1. The third-order valence-electron chi connectivity index (χ3n) is 4.20. The van der Waals surface area contributed by atoms with Gasteiger partial charge in [-0.1, -0.05) is 47.5 Å². The zero-order valence-electron chi connectivity index (χ0n) is 13.9. The van der Waals surface area contributed by atoms with Gasteiger partial charge in [0.15, 0.2) is 10.4 Å². The van der Waals surface area contributed by atoms with Crippen LogP contribution in [0.1, 0.15) is 16.7 Å². The van der Waals surface area contributed by atoms with Gasteiger partial charge in [-0.2, -0.15) is 0 Å². The van der Waals surface area contributed by atoms with Crippen LogP contribution in [0.4, 0.5) is 4.39 Å². The van der Waals surface area contributed by atoms with Crippen molar-refractivity contribution in [2.24, 2.45) is 0 Å². The van der Waals surface area contributed by atoms with Gasteiger partial charge in [0, 0.05) is 6.20 Å². The lowest BCUT2D eigenvalue weighted by Crippen LogP contribution is -2.46. The molecule has 146 valence electrons. The van der Waals surface area contributed by atoms with Crippen molar-refractivity contribution in [1.29, 1.82) is 0 Å². The van der Waals surface area contributed by atoms with Gasteiger partial charge in [0.05, 0.1) is 24.1 Å². The van der Waals surface area contributed by atoms with Gasteiger partial charge in [0.2, 0.25) is 0 Å². The first-order valence-corrected chi connectivity index (χ1v) is 9.72. The highest BCUT2D eigenvalue weighted by molar-refractivity contribution is 7.15. The van der Waals surface area contributed by atoms with Crippen molar-refractivity contribution in [1.82, 2.24) is 10.3 Å². The first kappa shape index (κ1) is 20.4. The number of carbonyl (C=O) groups excluding carboxylic acids is 1. The molecule has 10 heteroatoms. The number of aromatic nitrogens is 1. The summed E-state index contributed by atoms with van der Waals surface area (Å²) in [5.41, 5.74) is 0.244. The van der Waals surface area contributed by atoms with Crippen molar-refractivity contribution < 1.29 is 24.1 Å². The van der Waals surface area contributed by atoms with Crippen molar-refractivity contribution in [3.63, 3.8) is 0 Å². The molecule has 3 rings (SSSR count). The van der Waals surface area contributed by atoms with Crippen molar-refractivity contribution in [3.05, 3.63) is 41.0 Å². The van der Waals surface area contributed by atoms with Crippen molar-refractivity contribution in [2.75, 3.05) is 19.9 Å². The largest absolute Gasteiger partial charge is 0.386 e. The van der Waals surface area contributed by atoms with E-state index in [0.29, 0.717) is 10.6 Å². The maximum absolute atomic E-state index is 13.2. The summed E-state index contributed by atoms with van der Waals surface area (Å²) in [7, 11) is 0. The maximum atomic E-state index is 13.2. The Bertz CT molecular complexity index is 798. The van der Waals surface area contributed by atoms with Crippen LogP contribution in [-0.4, -0.2) is 51.9 Å². The van der Waals surface area contributed by atoms with E-state index in [0.717, 1.165) is 10.4 Å². The number of amides is 1. The Hall–Kier alpha value is -1.29. The molecule has 1 aliphatic heterocycles. The zero-order valence-corrected chi connectivity index (χ0v) is 16.3.